The largest absolute Gasteiger partial charge is 0.506 e. The van der Waals surface area contributed by atoms with E-state index in [-0.39, 0.29) is 10.8 Å². The molecule has 0 bridgehead atoms. The second kappa shape index (κ2) is 6.12. The van der Waals surface area contributed by atoms with Crippen LogP contribution in [0.1, 0.15) is 0 Å². The van der Waals surface area contributed by atoms with E-state index in [1.807, 2.05) is 0 Å². The van der Waals surface area contributed by atoms with Gasteiger partial charge in [-0.25, -0.2) is 0 Å². The first-order valence-electron chi connectivity index (χ1n) is 3.16. The maximum Gasteiger partial charge on any atom is 0.134 e. The summed E-state index contributed by atoms with van der Waals surface area (Å²) in [5, 5.41) is 9.66. The first-order chi connectivity index (χ1) is 5.61. The lowest BCUT2D eigenvalue weighted by molar-refractivity contribution is 0.277. The molecule has 0 amide bonds. The van der Waals surface area contributed by atoms with Crippen molar-refractivity contribution in [2.45, 2.75) is 0 Å². The number of methoxy groups -OCH3 is 1. The van der Waals surface area contributed by atoms with Crippen molar-refractivity contribution in [1.29, 1.82) is 0 Å². The quantitative estimate of drug-likeness (QED) is 0.711. The summed E-state index contributed by atoms with van der Waals surface area (Å²) in [4.78, 5) is 0. The molecule has 0 aliphatic carbocycles. The Balaban J connectivity index is 0.000000354. The molecule has 0 aromatic heterocycles. The van der Waals surface area contributed by atoms with Gasteiger partial charge in [0.25, 0.3) is 0 Å². The Kier molecular flexibility index (Phi) is 5.89. The van der Waals surface area contributed by atoms with Gasteiger partial charge in [-0.2, -0.15) is 0 Å². The van der Waals surface area contributed by atoms with Crippen molar-refractivity contribution < 1.29 is 9.84 Å². The Morgan fingerprint density at radius 2 is 1.75 bits per heavy atom. The molecule has 0 fully saturated rings. The predicted molar refractivity (Wildman–Crippen MR) is 51.1 cm³/mol. The SMILES string of the molecule is COC.Oc1ccc(Cl)cc1Cl. The highest BCUT2D eigenvalue weighted by atomic mass is 35.5. The molecule has 0 unspecified atom stereocenters. The minimum Gasteiger partial charge on any atom is -0.506 e. The van der Waals surface area contributed by atoms with Crippen LogP contribution in [0.3, 0.4) is 0 Å². The zero-order valence-electron chi connectivity index (χ0n) is 6.84. The number of benzene rings is 1. The molecule has 0 aliphatic heterocycles. The van der Waals surface area contributed by atoms with Crippen molar-refractivity contribution in [3.05, 3.63) is 28.2 Å². The maximum absolute atomic E-state index is 8.85. The zero-order valence-corrected chi connectivity index (χ0v) is 8.36. The van der Waals surface area contributed by atoms with Gasteiger partial charge in [0, 0.05) is 19.2 Å². The van der Waals surface area contributed by atoms with Gasteiger partial charge in [-0.05, 0) is 18.2 Å². The van der Waals surface area contributed by atoms with Crippen molar-refractivity contribution in [3.63, 3.8) is 0 Å². The highest BCUT2D eigenvalue weighted by Gasteiger charge is 1.95. The predicted octanol–water partition coefficient (Wildman–Crippen LogP) is 2.96. The number of aromatic hydroxyl groups is 1. The molecule has 4 heteroatoms. The molecule has 0 saturated carbocycles. The van der Waals surface area contributed by atoms with Crippen LogP contribution in [0.5, 0.6) is 5.75 Å². The lowest BCUT2D eigenvalue weighted by atomic mass is 10.3. The van der Waals surface area contributed by atoms with Crippen molar-refractivity contribution in [2.75, 3.05) is 14.2 Å². The van der Waals surface area contributed by atoms with E-state index < -0.39 is 0 Å². The van der Waals surface area contributed by atoms with Gasteiger partial charge in [0.2, 0.25) is 0 Å². The molecule has 0 radical (unpaired) electrons. The van der Waals surface area contributed by atoms with Crippen LogP contribution in [0.15, 0.2) is 18.2 Å². The fraction of sp³-hybridized carbons (Fsp3) is 0.250. The second-order valence-electron chi connectivity index (χ2n) is 2.00. The third-order valence-corrected chi connectivity index (χ3v) is 1.45. The number of hydrogen-bond acceptors (Lipinski definition) is 2. The van der Waals surface area contributed by atoms with Crippen molar-refractivity contribution >= 4 is 23.2 Å². The topological polar surface area (TPSA) is 29.5 Å². The maximum atomic E-state index is 8.85. The van der Waals surface area contributed by atoms with Crippen LogP contribution in [-0.2, 0) is 4.74 Å². The summed E-state index contributed by atoms with van der Waals surface area (Å²) in [5.41, 5.74) is 0. The third-order valence-electron chi connectivity index (χ3n) is 0.910. The van der Waals surface area contributed by atoms with Crippen molar-refractivity contribution in [1.82, 2.24) is 0 Å². The van der Waals surface area contributed by atoms with Crippen LogP contribution >= 0.6 is 23.2 Å². The van der Waals surface area contributed by atoms with Crippen LogP contribution in [0.4, 0.5) is 0 Å². The zero-order chi connectivity index (χ0) is 9.56. The van der Waals surface area contributed by atoms with Crippen LogP contribution < -0.4 is 0 Å². The molecule has 1 aromatic rings. The molecule has 1 N–H and O–H groups in total. The molecule has 1 aromatic carbocycles. The normalized spacial score (nSPS) is 8.67. The van der Waals surface area contributed by atoms with Gasteiger partial charge < -0.3 is 9.84 Å². The van der Waals surface area contributed by atoms with E-state index in [0.29, 0.717) is 5.02 Å². The van der Waals surface area contributed by atoms with Gasteiger partial charge in [0.1, 0.15) is 5.75 Å². The second-order valence-corrected chi connectivity index (χ2v) is 2.85. The van der Waals surface area contributed by atoms with E-state index >= 15 is 0 Å². The Morgan fingerprint density at radius 1 is 1.25 bits per heavy atom. The van der Waals surface area contributed by atoms with Crippen LogP contribution in [-0.4, -0.2) is 19.3 Å². The summed E-state index contributed by atoms with van der Waals surface area (Å²) in [7, 11) is 3.25. The highest BCUT2D eigenvalue weighted by molar-refractivity contribution is 6.35. The molecular weight excluding hydrogens is 199 g/mol. The van der Waals surface area contributed by atoms with Gasteiger partial charge in [0.15, 0.2) is 0 Å². The summed E-state index contributed by atoms with van der Waals surface area (Å²) in [6, 6.07) is 4.51. The number of phenols is 1. The van der Waals surface area contributed by atoms with E-state index in [1.165, 1.54) is 12.1 Å². The van der Waals surface area contributed by atoms with E-state index in [9.17, 15) is 0 Å². The monoisotopic (exact) mass is 208 g/mol. The molecule has 68 valence electrons. The van der Waals surface area contributed by atoms with Crippen molar-refractivity contribution in [3.8, 4) is 5.75 Å². The first kappa shape index (κ1) is 11.6. The summed E-state index contributed by atoms with van der Waals surface area (Å²) in [5.74, 6) is 0.0565. The first-order valence-corrected chi connectivity index (χ1v) is 3.91. The summed E-state index contributed by atoms with van der Waals surface area (Å²) >= 11 is 11.0. The van der Waals surface area contributed by atoms with E-state index in [2.05, 4.69) is 4.74 Å². The number of halogens is 2. The van der Waals surface area contributed by atoms with Gasteiger partial charge in [-0.15, -0.1) is 0 Å². The van der Waals surface area contributed by atoms with E-state index in [1.54, 1.807) is 20.3 Å². The minimum atomic E-state index is 0.0565. The Labute approximate surface area is 81.7 Å². The Bertz CT molecular complexity index is 238. The van der Waals surface area contributed by atoms with Gasteiger partial charge in [0.05, 0.1) is 5.02 Å². The third kappa shape index (κ3) is 4.44. The summed E-state index contributed by atoms with van der Waals surface area (Å²) in [6.45, 7) is 0. The lowest BCUT2D eigenvalue weighted by Gasteiger charge is -1.93. The van der Waals surface area contributed by atoms with Gasteiger partial charge in [-0.3, -0.25) is 0 Å². The molecule has 2 nitrogen and oxygen atoms in total. The smallest absolute Gasteiger partial charge is 0.134 e. The summed E-state index contributed by atoms with van der Waals surface area (Å²) < 4.78 is 4.25. The Hall–Kier alpha value is -0.440. The summed E-state index contributed by atoms with van der Waals surface area (Å²) in [6.07, 6.45) is 0. The fourth-order valence-electron chi connectivity index (χ4n) is 0.481. The van der Waals surface area contributed by atoms with Crippen molar-refractivity contribution in [2.24, 2.45) is 0 Å². The van der Waals surface area contributed by atoms with Gasteiger partial charge >= 0.3 is 0 Å². The molecule has 0 heterocycles. The lowest BCUT2D eigenvalue weighted by Crippen LogP contribution is -1.66. The molecule has 0 spiro atoms. The number of rotatable bonds is 0. The average molecular weight is 209 g/mol. The Morgan fingerprint density at radius 3 is 2.08 bits per heavy atom. The van der Waals surface area contributed by atoms with Gasteiger partial charge in [-0.1, -0.05) is 23.2 Å². The van der Waals surface area contributed by atoms with E-state index in [4.69, 9.17) is 28.3 Å². The average Bonchev–Trinajstić information content (AvgIpc) is 1.99. The molecule has 0 saturated heterocycles. The number of phenolic OH excluding ortho intramolecular Hbond substituents is 1. The van der Waals surface area contributed by atoms with Crippen LogP contribution in [0, 0.1) is 0 Å². The van der Waals surface area contributed by atoms with Crippen LogP contribution in [0.2, 0.25) is 10.0 Å². The fourth-order valence-corrected chi connectivity index (χ4v) is 0.890. The number of hydrogen-bond donors (Lipinski definition) is 1. The molecular formula is C8H10Cl2O2. The molecule has 0 atom stereocenters. The molecule has 1 rings (SSSR count). The van der Waals surface area contributed by atoms with E-state index in [0.717, 1.165) is 0 Å². The number of ether oxygens (including phenoxy) is 1. The molecule has 12 heavy (non-hydrogen) atoms. The minimum absolute atomic E-state index is 0.0565. The molecule has 0 aliphatic rings. The standard InChI is InChI=1S/C6H4Cl2O.C2H6O/c7-4-1-2-6(9)5(8)3-4;1-3-2/h1-3,9H;1-2H3. The highest BCUT2D eigenvalue weighted by Crippen LogP contribution is 2.25. The van der Waals surface area contributed by atoms with Crippen LogP contribution in [0.25, 0.3) is 0 Å².